The minimum Gasteiger partial charge on any atom is -0.459 e. The highest BCUT2D eigenvalue weighted by atomic mass is 16.6. The molecule has 94 valence electrons. The standard InChI is InChI=1S/C14H20O3/c1-3-4-10-16-12(2)14(15)17-11-13-8-6-5-7-9-13/h5-9,12H,3-4,10-11H2,1-2H3. The highest BCUT2D eigenvalue weighted by Gasteiger charge is 2.14. The van der Waals surface area contributed by atoms with Gasteiger partial charge in [-0.2, -0.15) is 0 Å². The lowest BCUT2D eigenvalue weighted by Crippen LogP contribution is -2.23. The van der Waals surface area contributed by atoms with E-state index in [1.165, 1.54) is 0 Å². The fourth-order valence-corrected chi connectivity index (χ4v) is 1.32. The van der Waals surface area contributed by atoms with E-state index in [0.717, 1.165) is 18.4 Å². The van der Waals surface area contributed by atoms with Crippen LogP contribution in [0.5, 0.6) is 0 Å². The minimum absolute atomic E-state index is 0.301. The summed E-state index contributed by atoms with van der Waals surface area (Å²) in [7, 11) is 0. The van der Waals surface area contributed by atoms with E-state index < -0.39 is 6.10 Å². The van der Waals surface area contributed by atoms with Crippen molar-refractivity contribution >= 4 is 5.97 Å². The molecule has 1 unspecified atom stereocenters. The Morgan fingerprint density at radius 3 is 2.65 bits per heavy atom. The Labute approximate surface area is 103 Å². The predicted molar refractivity (Wildman–Crippen MR) is 66.6 cm³/mol. The minimum atomic E-state index is -0.481. The maximum atomic E-state index is 11.6. The van der Waals surface area contributed by atoms with Crippen LogP contribution in [0, 0.1) is 0 Å². The summed E-state index contributed by atoms with van der Waals surface area (Å²) >= 11 is 0. The van der Waals surface area contributed by atoms with Crippen LogP contribution in [0.4, 0.5) is 0 Å². The molecule has 0 aliphatic carbocycles. The van der Waals surface area contributed by atoms with Gasteiger partial charge in [0.15, 0.2) is 6.10 Å². The van der Waals surface area contributed by atoms with Gasteiger partial charge in [0.25, 0.3) is 0 Å². The largest absolute Gasteiger partial charge is 0.459 e. The number of rotatable bonds is 7. The zero-order valence-electron chi connectivity index (χ0n) is 10.5. The lowest BCUT2D eigenvalue weighted by atomic mass is 10.2. The van der Waals surface area contributed by atoms with Crippen LogP contribution in [0.2, 0.25) is 0 Å². The molecule has 0 heterocycles. The molecule has 3 heteroatoms. The van der Waals surface area contributed by atoms with Crippen LogP contribution < -0.4 is 0 Å². The normalized spacial score (nSPS) is 12.1. The Morgan fingerprint density at radius 2 is 2.00 bits per heavy atom. The Morgan fingerprint density at radius 1 is 1.29 bits per heavy atom. The van der Waals surface area contributed by atoms with Gasteiger partial charge in [-0.15, -0.1) is 0 Å². The lowest BCUT2D eigenvalue weighted by Gasteiger charge is -2.12. The molecule has 0 aromatic heterocycles. The summed E-state index contributed by atoms with van der Waals surface area (Å²) < 4.78 is 10.5. The Balaban J connectivity index is 2.24. The van der Waals surface area contributed by atoms with E-state index in [9.17, 15) is 4.79 Å². The van der Waals surface area contributed by atoms with Gasteiger partial charge in [-0.1, -0.05) is 43.7 Å². The van der Waals surface area contributed by atoms with E-state index in [0.29, 0.717) is 13.2 Å². The average molecular weight is 236 g/mol. The average Bonchev–Trinajstić information content (AvgIpc) is 2.37. The monoisotopic (exact) mass is 236 g/mol. The van der Waals surface area contributed by atoms with E-state index >= 15 is 0 Å². The summed E-state index contributed by atoms with van der Waals surface area (Å²) in [5.41, 5.74) is 0.988. The molecule has 3 nitrogen and oxygen atoms in total. The van der Waals surface area contributed by atoms with Gasteiger partial charge >= 0.3 is 5.97 Å². The van der Waals surface area contributed by atoms with Crippen molar-refractivity contribution in [2.75, 3.05) is 6.61 Å². The van der Waals surface area contributed by atoms with Crippen molar-refractivity contribution in [3.63, 3.8) is 0 Å². The first kappa shape index (κ1) is 13.7. The summed E-state index contributed by atoms with van der Waals surface area (Å²) in [6, 6.07) is 9.63. The third kappa shape index (κ3) is 5.50. The van der Waals surface area contributed by atoms with Crippen LogP contribution in [0.1, 0.15) is 32.3 Å². The first-order valence-electron chi connectivity index (χ1n) is 6.06. The van der Waals surface area contributed by atoms with Crippen molar-refractivity contribution in [1.29, 1.82) is 0 Å². The van der Waals surface area contributed by atoms with Gasteiger partial charge in [-0.3, -0.25) is 0 Å². The van der Waals surface area contributed by atoms with Crippen LogP contribution in [-0.4, -0.2) is 18.7 Å². The van der Waals surface area contributed by atoms with Gasteiger partial charge in [0.05, 0.1) is 0 Å². The van der Waals surface area contributed by atoms with Crippen molar-refractivity contribution in [3.05, 3.63) is 35.9 Å². The number of esters is 1. The molecular weight excluding hydrogens is 216 g/mol. The molecule has 0 saturated heterocycles. The molecule has 0 amide bonds. The molecule has 0 aliphatic heterocycles. The van der Waals surface area contributed by atoms with Gasteiger partial charge < -0.3 is 9.47 Å². The second kappa shape index (κ2) is 7.85. The first-order chi connectivity index (χ1) is 8.24. The molecule has 1 aromatic carbocycles. The molecule has 0 saturated carbocycles. The highest BCUT2D eigenvalue weighted by Crippen LogP contribution is 2.03. The second-order valence-electron chi connectivity index (χ2n) is 3.96. The van der Waals surface area contributed by atoms with Crippen molar-refractivity contribution in [2.45, 2.75) is 39.4 Å². The number of hydrogen-bond donors (Lipinski definition) is 0. The third-order valence-corrected chi connectivity index (χ3v) is 2.42. The van der Waals surface area contributed by atoms with Crippen molar-refractivity contribution in [1.82, 2.24) is 0 Å². The summed E-state index contributed by atoms with van der Waals surface area (Å²) in [6.45, 7) is 4.73. The number of carbonyl (C=O) groups is 1. The van der Waals surface area contributed by atoms with Crippen LogP contribution in [0.25, 0.3) is 0 Å². The van der Waals surface area contributed by atoms with E-state index in [1.807, 2.05) is 30.3 Å². The third-order valence-electron chi connectivity index (χ3n) is 2.42. The Hall–Kier alpha value is -1.35. The lowest BCUT2D eigenvalue weighted by molar-refractivity contribution is -0.157. The first-order valence-corrected chi connectivity index (χ1v) is 6.06. The van der Waals surface area contributed by atoms with E-state index in [4.69, 9.17) is 9.47 Å². The molecule has 1 aromatic rings. The summed E-state index contributed by atoms with van der Waals surface area (Å²) in [5, 5.41) is 0. The molecule has 0 N–H and O–H groups in total. The molecule has 1 atom stereocenters. The number of carbonyl (C=O) groups excluding carboxylic acids is 1. The smallest absolute Gasteiger partial charge is 0.335 e. The number of benzene rings is 1. The summed E-state index contributed by atoms with van der Waals surface area (Å²) in [6.07, 6.45) is 1.55. The topological polar surface area (TPSA) is 35.5 Å². The zero-order chi connectivity index (χ0) is 12.5. The Bertz CT molecular complexity index is 321. The quantitative estimate of drug-likeness (QED) is 0.539. The second-order valence-corrected chi connectivity index (χ2v) is 3.96. The van der Waals surface area contributed by atoms with Gasteiger partial charge in [0.1, 0.15) is 6.61 Å². The molecular formula is C14H20O3. The fraction of sp³-hybridized carbons (Fsp3) is 0.500. The maximum Gasteiger partial charge on any atom is 0.335 e. The number of ether oxygens (including phenoxy) is 2. The SMILES string of the molecule is CCCCOC(C)C(=O)OCc1ccccc1. The van der Waals surface area contributed by atoms with Gasteiger partial charge in [0.2, 0.25) is 0 Å². The van der Waals surface area contributed by atoms with E-state index in [-0.39, 0.29) is 5.97 Å². The van der Waals surface area contributed by atoms with Crippen LogP contribution >= 0.6 is 0 Å². The predicted octanol–water partition coefficient (Wildman–Crippen LogP) is 2.94. The molecule has 0 fully saturated rings. The summed E-state index contributed by atoms with van der Waals surface area (Å²) in [5.74, 6) is -0.301. The van der Waals surface area contributed by atoms with Crippen LogP contribution in [0.15, 0.2) is 30.3 Å². The Kier molecular flexibility index (Phi) is 6.33. The molecule has 0 spiro atoms. The van der Waals surface area contributed by atoms with Crippen molar-refractivity contribution in [2.24, 2.45) is 0 Å². The maximum absolute atomic E-state index is 11.6. The van der Waals surface area contributed by atoms with Gasteiger partial charge in [-0.25, -0.2) is 4.79 Å². The molecule has 0 bridgehead atoms. The van der Waals surface area contributed by atoms with E-state index in [1.54, 1.807) is 6.92 Å². The van der Waals surface area contributed by atoms with Crippen LogP contribution in [-0.2, 0) is 20.9 Å². The number of hydrogen-bond acceptors (Lipinski definition) is 3. The molecule has 1 rings (SSSR count). The molecule has 0 radical (unpaired) electrons. The molecule has 17 heavy (non-hydrogen) atoms. The van der Waals surface area contributed by atoms with Gasteiger partial charge in [-0.05, 0) is 18.9 Å². The summed E-state index contributed by atoms with van der Waals surface area (Å²) in [4.78, 5) is 11.6. The van der Waals surface area contributed by atoms with Crippen LogP contribution in [0.3, 0.4) is 0 Å². The fourth-order valence-electron chi connectivity index (χ4n) is 1.32. The van der Waals surface area contributed by atoms with Gasteiger partial charge in [0, 0.05) is 6.61 Å². The van der Waals surface area contributed by atoms with E-state index in [2.05, 4.69) is 6.92 Å². The highest BCUT2D eigenvalue weighted by molar-refractivity contribution is 5.74. The zero-order valence-corrected chi connectivity index (χ0v) is 10.5. The molecule has 0 aliphatic rings. The van der Waals surface area contributed by atoms with Crippen molar-refractivity contribution < 1.29 is 14.3 Å². The van der Waals surface area contributed by atoms with Crippen molar-refractivity contribution in [3.8, 4) is 0 Å². The number of unbranched alkanes of at least 4 members (excludes halogenated alkanes) is 1.